The van der Waals surface area contributed by atoms with Crippen LogP contribution in [-0.2, 0) is 9.05 Å². The number of benzene rings is 1. The lowest BCUT2D eigenvalue weighted by atomic mass is 10.3. The summed E-state index contributed by atoms with van der Waals surface area (Å²) in [5.74, 6) is 0. The van der Waals surface area contributed by atoms with Crippen molar-refractivity contribution in [1.29, 1.82) is 0 Å². The highest BCUT2D eigenvalue weighted by Crippen LogP contribution is 2.27. The third-order valence-electron chi connectivity index (χ3n) is 2.23. The summed E-state index contributed by atoms with van der Waals surface area (Å²) in [6.45, 7) is 0. The highest BCUT2D eigenvalue weighted by molar-refractivity contribution is 8.13. The van der Waals surface area contributed by atoms with Crippen LogP contribution in [0.2, 0.25) is 0 Å². The van der Waals surface area contributed by atoms with E-state index in [4.69, 9.17) is 10.7 Å². The van der Waals surface area contributed by atoms with Crippen molar-refractivity contribution >= 4 is 46.2 Å². The third-order valence-corrected chi connectivity index (χ3v) is 4.43. The van der Waals surface area contributed by atoms with Gasteiger partial charge in [-0.3, -0.25) is 4.40 Å². The first kappa shape index (κ1) is 10.1. The van der Waals surface area contributed by atoms with Crippen molar-refractivity contribution in [2.45, 2.75) is 5.03 Å². The molecular weight excluding hydrogens is 268 g/mol. The molecule has 3 aromatic rings. The van der Waals surface area contributed by atoms with E-state index in [1.54, 1.807) is 4.40 Å². The number of fused-ring (bicyclic) bond motifs is 3. The van der Waals surface area contributed by atoms with Gasteiger partial charge < -0.3 is 0 Å². The van der Waals surface area contributed by atoms with Gasteiger partial charge in [0.05, 0.1) is 16.4 Å². The summed E-state index contributed by atoms with van der Waals surface area (Å²) in [6.07, 6.45) is 1.44. The topological polar surface area (TPSA) is 51.4 Å². The molecule has 0 unspecified atom stereocenters. The van der Waals surface area contributed by atoms with Gasteiger partial charge in [-0.15, -0.1) is 0 Å². The van der Waals surface area contributed by atoms with E-state index in [2.05, 4.69) is 4.98 Å². The van der Waals surface area contributed by atoms with E-state index in [1.807, 2.05) is 24.3 Å². The van der Waals surface area contributed by atoms with Crippen molar-refractivity contribution in [2.24, 2.45) is 0 Å². The Morgan fingerprint density at radius 1 is 1.31 bits per heavy atom. The lowest BCUT2D eigenvalue weighted by Crippen LogP contribution is -1.89. The Bertz CT molecular complexity index is 788. The van der Waals surface area contributed by atoms with Gasteiger partial charge in [0.2, 0.25) is 0 Å². The molecular formula is C9H5ClN2O2S2. The van der Waals surface area contributed by atoms with E-state index in [-0.39, 0.29) is 5.03 Å². The highest BCUT2D eigenvalue weighted by Gasteiger charge is 2.17. The Labute approximate surface area is 99.5 Å². The standard InChI is InChI=1S/C9H5ClN2O2S2/c10-16(13,14)8-5-12-6-3-1-2-4-7(6)15-9(12)11-8/h1-5H. The van der Waals surface area contributed by atoms with E-state index in [1.165, 1.54) is 17.5 Å². The molecule has 0 aliphatic heterocycles. The smallest absolute Gasteiger partial charge is 0.280 e. The van der Waals surface area contributed by atoms with Crippen LogP contribution in [0.5, 0.6) is 0 Å². The second-order valence-electron chi connectivity index (χ2n) is 3.24. The van der Waals surface area contributed by atoms with Crippen LogP contribution >= 0.6 is 22.0 Å². The molecule has 0 amide bonds. The third kappa shape index (κ3) is 1.41. The molecule has 0 fully saturated rings. The molecule has 4 nitrogen and oxygen atoms in total. The lowest BCUT2D eigenvalue weighted by Gasteiger charge is -1.88. The fraction of sp³-hybridized carbons (Fsp3) is 0. The molecule has 0 aliphatic carbocycles. The van der Waals surface area contributed by atoms with E-state index < -0.39 is 9.05 Å². The number of thiazole rings is 1. The Kier molecular flexibility index (Phi) is 2.01. The first-order valence-electron chi connectivity index (χ1n) is 4.37. The van der Waals surface area contributed by atoms with Crippen LogP contribution in [0.4, 0.5) is 0 Å². The molecule has 0 bridgehead atoms. The Hall–Kier alpha value is -1.11. The van der Waals surface area contributed by atoms with Gasteiger partial charge in [0.15, 0.2) is 9.99 Å². The molecule has 2 aromatic heterocycles. The van der Waals surface area contributed by atoms with Gasteiger partial charge in [0.25, 0.3) is 9.05 Å². The first-order valence-corrected chi connectivity index (χ1v) is 7.49. The number of rotatable bonds is 1. The minimum absolute atomic E-state index is 0.105. The summed E-state index contributed by atoms with van der Waals surface area (Å²) in [7, 11) is 1.48. The highest BCUT2D eigenvalue weighted by atomic mass is 35.7. The molecule has 0 saturated carbocycles. The van der Waals surface area contributed by atoms with Gasteiger partial charge in [-0.1, -0.05) is 23.5 Å². The minimum atomic E-state index is -3.76. The Balaban J connectivity index is 2.43. The van der Waals surface area contributed by atoms with Crippen LogP contribution in [0.3, 0.4) is 0 Å². The predicted octanol–water partition coefficient (Wildman–Crippen LogP) is 2.48. The zero-order chi connectivity index (χ0) is 11.3. The zero-order valence-electron chi connectivity index (χ0n) is 7.79. The second kappa shape index (κ2) is 3.19. The van der Waals surface area contributed by atoms with Gasteiger partial charge in [-0.2, -0.15) is 0 Å². The van der Waals surface area contributed by atoms with E-state index in [9.17, 15) is 8.42 Å². The van der Waals surface area contributed by atoms with Crippen LogP contribution in [0.1, 0.15) is 0 Å². The SMILES string of the molecule is O=S(=O)(Cl)c1cn2c(n1)sc1ccccc12. The average Bonchev–Trinajstić information content (AvgIpc) is 2.72. The molecule has 0 saturated heterocycles. The van der Waals surface area contributed by atoms with Crippen LogP contribution in [-0.4, -0.2) is 17.8 Å². The van der Waals surface area contributed by atoms with E-state index in [0.717, 1.165) is 10.2 Å². The Morgan fingerprint density at radius 2 is 2.06 bits per heavy atom. The maximum atomic E-state index is 11.1. The number of nitrogens with zero attached hydrogens (tertiary/aromatic N) is 2. The minimum Gasteiger partial charge on any atom is -0.289 e. The number of imidazole rings is 1. The summed E-state index contributed by atoms with van der Waals surface area (Å²) < 4.78 is 25.1. The normalized spacial score (nSPS) is 12.6. The summed E-state index contributed by atoms with van der Waals surface area (Å²) in [4.78, 5) is 4.61. The number of para-hydroxylation sites is 1. The molecule has 0 aliphatic rings. The molecule has 82 valence electrons. The lowest BCUT2D eigenvalue weighted by molar-refractivity contribution is 0.607. The molecule has 0 spiro atoms. The van der Waals surface area contributed by atoms with Crippen LogP contribution in [0.15, 0.2) is 35.5 Å². The Morgan fingerprint density at radius 3 is 2.81 bits per heavy atom. The molecule has 1 aromatic carbocycles. The maximum Gasteiger partial charge on any atom is 0.280 e. The summed E-state index contributed by atoms with van der Waals surface area (Å²) in [6, 6.07) is 7.69. The van der Waals surface area contributed by atoms with Gasteiger partial charge in [-0.25, -0.2) is 13.4 Å². The largest absolute Gasteiger partial charge is 0.289 e. The molecule has 3 rings (SSSR count). The molecule has 0 N–H and O–H groups in total. The van der Waals surface area contributed by atoms with Crippen LogP contribution in [0.25, 0.3) is 15.2 Å². The van der Waals surface area contributed by atoms with Crippen LogP contribution in [0, 0.1) is 0 Å². The van der Waals surface area contributed by atoms with Crippen molar-refractivity contribution in [3.63, 3.8) is 0 Å². The van der Waals surface area contributed by atoms with Crippen molar-refractivity contribution in [1.82, 2.24) is 9.38 Å². The summed E-state index contributed by atoms with van der Waals surface area (Å²) in [5.41, 5.74) is 0.932. The van der Waals surface area contributed by atoms with Crippen molar-refractivity contribution < 1.29 is 8.42 Å². The number of hydrogen-bond donors (Lipinski definition) is 0. The van der Waals surface area contributed by atoms with Crippen LogP contribution < -0.4 is 0 Å². The van der Waals surface area contributed by atoms with Crippen molar-refractivity contribution in [3.8, 4) is 0 Å². The molecule has 16 heavy (non-hydrogen) atoms. The zero-order valence-corrected chi connectivity index (χ0v) is 10.2. The summed E-state index contributed by atoms with van der Waals surface area (Å²) >= 11 is 1.43. The maximum absolute atomic E-state index is 11.1. The number of hydrogen-bond acceptors (Lipinski definition) is 4. The first-order chi connectivity index (χ1) is 7.55. The van der Waals surface area contributed by atoms with Crippen molar-refractivity contribution in [3.05, 3.63) is 30.5 Å². The van der Waals surface area contributed by atoms with E-state index >= 15 is 0 Å². The summed E-state index contributed by atoms with van der Waals surface area (Å²) in [5, 5.41) is -0.105. The molecule has 0 atom stereocenters. The van der Waals surface area contributed by atoms with Gasteiger partial charge in [0, 0.05) is 10.7 Å². The fourth-order valence-electron chi connectivity index (χ4n) is 1.55. The van der Waals surface area contributed by atoms with Gasteiger partial charge in [0.1, 0.15) is 0 Å². The van der Waals surface area contributed by atoms with Crippen molar-refractivity contribution in [2.75, 3.05) is 0 Å². The molecule has 2 heterocycles. The second-order valence-corrected chi connectivity index (χ2v) is 6.76. The van der Waals surface area contributed by atoms with E-state index in [0.29, 0.717) is 4.96 Å². The number of halogens is 1. The number of aromatic nitrogens is 2. The molecule has 0 radical (unpaired) electrons. The average molecular weight is 273 g/mol. The van der Waals surface area contributed by atoms with Gasteiger partial charge >= 0.3 is 0 Å². The van der Waals surface area contributed by atoms with Gasteiger partial charge in [-0.05, 0) is 12.1 Å². The fourth-order valence-corrected chi connectivity index (χ4v) is 3.26. The predicted molar refractivity (Wildman–Crippen MR) is 63.6 cm³/mol. The molecule has 7 heteroatoms. The monoisotopic (exact) mass is 272 g/mol. The quantitative estimate of drug-likeness (QED) is 0.640.